The molecule has 1 heterocycles. The highest BCUT2D eigenvalue weighted by Gasteiger charge is 2.33. The predicted molar refractivity (Wildman–Crippen MR) is 99.0 cm³/mol. The first-order chi connectivity index (χ1) is 14.1. The Morgan fingerprint density at radius 3 is 2.17 bits per heavy atom. The van der Waals surface area contributed by atoms with Gasteiger partial charge < -0.3 is 18.7 Å². The van der Waals surface area contributed by atoms with Crippen molar-refractivity contribution in [2.45, 2.75) is 11.3 Å². The number of anilines is 1. The van der Waals surface area contributed by atoms with E-state index in [1.165, 1.54) is 44.6 Å². The van der Waals surface area contributed by atoms with Gasteiger partial charge in [-0.25, -0.2) is 8.42 Å². The minimum Gasteiger partial charge on any atom is -0.495 e. The van der Waals surface area contributed by atoms with Gasteiger partial charge in [0.25, 0.3) is 10.0 Å². The van der Waals surface area contributed by atoms with Crippen LogP contribution in [0.1, 0.15) is 0 Å². The van der Waals surface area contributed by atoms with Crippen molar-refractivity contribution < 1.29 is 40.3 Å². The smallest absolute Gasteiger partial charge is 0.495 e. The lowest BCUT2D eigenvalue weighted by atomic mass is 10.1. The number of sulfonamides is 1. The van der Waals surface area contributed by atoms with E-state index >= 15 is 0 Å². The van der Waals surface area contributed by atoms with E-state index in [2.05, 4.69) is 14.6 Å². The van der Waals surface area contributed by atoms with Crippen LogP contribution in [-0.2, 0) is 10.0 Å². The van der Waals surface area contributed by atoms with Crippen LogP contribution in [0.25, 0.3) is 11.3 Å². The Bertz CT molecular complexity index is 1120. The average Bonchev–Trinajstić information content (AvgIpc) is 3.13. The van der Waals surface area contributed by atoms with Crippen LogP contribution in [0.3, 0.4) is 0 Å². The van der Waals surface area contributed by atoms with Gasteiger partial charge in [-0.05, 0) is 24.3 Å². The number of methoxy groups -OCH3 is 2. The van der Waals surface area contributed by atoms with Crippen LogP contribution in [0, 0.1) is 0 Å². The average molecular weight is 444 g/mol. The number of aromatic nitrogens is 1. The standard InChI is InChI=1S/C18H15F3N2O6S/c1-26-13-8-5-9-14(27-2)17(13)30(24,25)23-16-10-15(29-22-16)11-6-3-4-7-12(11)28-18(19,20)21/h3-10H,1-2H3,(H,22,23). The molecule has 0 radical (unpaired) electrons. The minimum absolute atomic E-state index is 0.0227. The van der Waals surface area contributed by atoms with Crippen LogP contribution in [0.4, 0.5) is 19.0 Å². The molecule has 0 bridgehead atoms. The van der Waals surface area contributed by atoms with E-state index < -0.39 is 22.1 Å². The number of hydrogen-bond acceptors (Lipinski definition) is 7. The number of alkyl halides is 3. The summed E-state index contributed by atoms with van der Waals surface area (Å²) in [4.78, 5) is -0.277. The Kier molecular flexibility index (Phi) is 5.78. The quantitative estimate of drug-likeness (QED) is 0.587. The number of nitrogens with zero attached hydrogens (tertiary/aromatic N) is 1. The van der Waals surface area contributed by atoms with Gasteiger partial charge in [0.05, 0.1) is 19.8 Å². The van der Waals surface area contributed by atoms with Crippen molar-refractivity contribution in [3.8, 4) is 28.6 Å². The second-order valence-corrected chi connectivity index (χ2v) is 7.34. The molecule has 30 heavy (non-hydrogen) atoms. The number of halogens is 3. The van der Waals surface area contributed by atoms with Crippen LogP contribution >= 0.6 is 0 Å². The fraction of sp³-hybridized carbons (Fsp3) is 0.167. The number of benzene rings is 2. The molecule has 1 N–H and O–H groups in total. The first-order valence-electron chi connectivity index (χ1n) is 8.20. The van der Waals surface area contributed by atoms with Crippen LogP contribution < -0.4 is 18.9 Å². The van der Waals surface area contributed by atoms with Crippen molar-refractivity contribution in [1.29, 1.82) is 0 Å². The zero-order valence-corrected chi connectivity index (χ0v) is 16.4. The Balaban J connectivity index is 1.94. The molecule has 2 aromatic carbocycles. The summed E-state index contributed by atoms with van der Waals surface area (Å²) >= 11 is 0. The highest BCUT2D eigenvalue weighted by Crippen LogP contribution is 2.37. The molecule has 1 aromatic heterocycles. The highest BCUT2D eigenvalue weighted by molar-refractivity contribution is 7.93. The SMILES string of the molecule is COc1cccc(OC)c1S(=O)(=O)Nc1cc(-c2ccccc2OC(F)(F)F)on1. The summed E-state index contributed by atoms with van der Waals surface area (Å²) in [6.45, 7) is 0. The van der Waals surface area contributed by atoms with Crippen LogP contribution in [0.5, 0.6) is 17.2 Å². The third-order valence-electron chi connectivity index (χ3n) is 3.78. The largest absolute Gasteiger partial charge is 0.573 e. The maximum absolute atomic E-state index is 12.8. The molecule has 0 aliphatic carbocycles. The summed E-state index contributed by atoms with van der Waals surface area (Å²) < 4.78 is 84.8. The third kappa shape index (κ3) is 4.59. The molecular weight excluding hydrogens is 429 g/mol. The minimum atomic E-state index is -4.92. The molecule has 0 aliphatic rings. The van der Waals surface area contributed by atoms with E-state index in [1.54, 1.807) is 6.07 Å². The zero-order valence-electron chi connectivity index (χ0n) is 15.6. The van der Waals surface area contributed by atoms with Crippen molar-refractivity contribution >= 4 is 15.8 Å². The van der Waals surface area contributed by atoms with Crippen molar-refractivity contribution in [1.82, 2.24) is 5.16 Å². The lowest BCUT2D eigenvalue weighted by Crippen LogP contribution is -2.17. The molecule has 0 spiro atoms. The summed E-state index contributed by atoms with van der Waals surface area (Å²) in [5, 5.41) is 3.57. The molecule has 0 amide bonds. The Hall–Kier alpha value is -3.41. The Morgan fingerprint density at radius 1 is 0.967 bits per heavy atom. The van der Waals surface area contributed by atoms with E-state index in [9.17, 15) is 21.6 Å². The monoisotopic (exact) mass is 444 g/mol. The van der Waals surface area contributed by atoms with Crippen molar-refractivity contribution in [2.75, 3.05) is 18.9 Å². The van der Waals surface area contributed by atoms with Gasteiger partial charge in [-0.1, -0.05) is 23.4 Å². The molecule has 0 saturated heterocycles. The molecule has 0 saturated carbocycles. The van der Waals surface area contributed by atoms with Gasteiger partial charge in [0, 0.05) is 6.07 Å². The molecule has 3 rings (SSSR count). The number of para-hydroxylation sites is 1. The second kappa shape index (κ2) is 8.14. The number of hydrogen-bond donors (Lipinski definition) is 1. The molecule has 12 heteroatoms. The van der Waals surface area contributed by atoms with Gasteiger partial charge in [0.15, 0.2) is 16.5 Å². The summed E-state index contributed by atoms with van der Waals surface area (Å²) in [5.74, 6) is -0.884. The van der Waals surface area contributed by atoms with Crippen molar-refractivity contribution in [3.05, 3.63) is 48.5 Å². The Morgan fingerprint density at radius 2 is 1.57 bits per heavy atom. The van der Waals surface area contributed by atoms with E-state index in [1.807, 2.05) is 0 Å². The zero-order chi connectivity index (χ0) is 21.9. The molecule has 0 unspecified atom stereocenters. The number of ether oxygens (including phenoxy) is 3. The summed E-state index contributed by atoms with van der Waals surface area (Å²) in [6, 6.07) is 10.7. The lowest BCUT2D eigenvalue weighted by Gasteiger charge is -2.13. The first-order valence-corrected chi connectivity index (χ1v) is 9.68. The maximum atomic E-state index is 12.8. The van der Waals surface area contributed by atoms with E-state index in [4.69, 9.17) is 14.0 Å². The normalized spacial score (nSPS) is 11.8. The van der Waals surface area contributed by atoms with Gasteiger partial charge in [-0.3, -0.25) is 4.72 Å². The molecule has 0 aliphatic heterocycles. The highest BCUT2D eigenvalue weighted by atomic mass is 32.2. The van der Waals surface area contributed by atoms with E-state index in [0.717, 1.165) is 12.1 Å². The van der Waals surface area contributed by atoms with Crippen LogP contribution in [0.2, 0.25) is 0 Å². The lowest BCUT2D eigenvalue weighted by molar-refractivity contribution is -0.274. The van der Waals surface area contributed by atoms with E-state index in [0.29, 0.717) is 0 Å². The number of rotatable bonds is 7. The van der Waals surface area contributed by atoms with Gasteiger partial charge in [-0.15, -0.1) is 13.2 Å². The van der Waals surface area contributed by atoms with E-state index in [-0.39, 0.29) is 33.5 Å². The van der Waals surface area contributed by atoms with Crippen molar-refractivity contribution in [3.63, 3.8) is 0 Å². The van der Waals surface area contributed by atoms with Gasteiger partial charge in [0.2, 0.25) is 0 Å². The summed E-state index contributed by atoms with van der Waals surface area (Å²) in [5.41, 5.74) is -0.0670. The number of nitrogens with one attached hydrogen (secondary N) is 1. The summed E-state index contributed by atoms with van der Waals surface area (Å²) in [7, 11) is -1.66. The molecule has 8 nitrogen and oxygen atoms in total. The second-order valence-electron chi connectivity index (χ2n) is 5.72. The Labute approximate surface area is 169 Å². The van der Waals surface area contributed by atoms with Gasteiger partial charge >= 0.3 is 6.36 Å². The fourth-order valence-corrected chi connectivity index (χ4v) is 3.91. The molecule has 0 fully saturated rings. The first kappa shape index (κ1) is 21.3. The molecule has 160 valence electrons. The predicted octanol–water partition coefficient (Wildman–Crippen LogP) is 4.06. The molecular formula is C18H15F3N2O6S. The topological polar surface area (TPSA) is 99.9 Å². The molecule has 0 atom stereocenters. The van der Waals surface area contributed by atoms with Crippen LogP contribution in [0.15, 0.2) is 57.9 Å². The summed E-state index contributed by atoms with van der Waals surface area (Å²) in [6.07, 6.45) is -4.92. The fourth-order valence-electron chi connectivity index (χ4n) is 2.60. The van der Waals surface area contributed by atoms with Gasteiger partial charge in [-0.2, -0.15) is 0 Å². The third-order valence-corrected chi connectivity index (χ3v) is 5.20. The van der Waals surface area contributed by atoms with Crippen molar-refractivity contribution in [2.24, 2.45) is 0 Å². The maximum Gasteiger partial charge on any atom is 0.573 e. The molecule has 3 aromatic rings. The van der Waals surface area contributed by atoms with Crippen LogP contribution in [-0.4, -0.2) is 34.2 Å². The van der Waals surface area contributed by atoms with Gasteiger partial charge in [0.1, 0.15) is 17.2 Å².